The summed E-state index contributed by atoms with van der Waals surface area (Å²) in [5.74, 6) is -0.474. The van der Waals surface area contributed by atoms with Crippen LogP contribution in [0.15, 0.2) is 0 Å². The van der Waals surface area contributed by atoms with Gasteiger partial charge in [-0.2, -0.15) is 0 Å². The highest BCUT2D eigenvalue weighted by Gasteiger charge is 2.42. The molecule has 1 aliphatic rings. The minimum absolute atomic E-state index is 0. The summed E-state index contributed by atoms with van der Waals surface area (Å²) in [5.41, 5.74) is 0. The largest absolute Gasteiger partial charge is 0.394 e. The minimum Gasteiger partial charge on any atom is -0.394 e. The van der Waals surface area contributed by atoms with Crippen molar-refractivity contribution in [3.63, 3.8) is 0 Å². The first kappa shape index (κ1) is 53.8. The SMILES string of the molecule is C.C.C.C.C.C.CCCC(C)O.CCCC(O)CO.CCCC1C(O)OC(CO)C(O)C1O. The summed E-state index contributed by atoms with van der Waals surface area (Å²) in [7, 11) is 0. The second-order valence-corrected chi connectivity index (χ2v) is 6.94. The predicted molar refractivity (Wildman–Crippen MR) is 143 cm³/mol. The van der Waals surface area contributed by atoms with Crippen molar-refractivity contribution in [1.29, 1.82) is 0 Å². The number of aliphatic hydroxyl groups is 7. The first-order valence-corrected chi connectivity index (χ1v) is 9.97. The molecule has 0 spiro atoms. The smallest absolute Gasteiger partial charge is 0.160 e. The van der Waals surface area contributed by atoms with Crippen LogP contribution in [0.3, 0.4) is 0 Å². The molecule has 1 rings (SSSR count). The van der Waals surface area contributed by atoms with Gasteiger partial charge in [-0.05, 0) is 26.2 Å². The molecule has 1 heterocycles. The van der Waals surface area contributed by atoms with E-state index >= 15 is 0 Å². The van der Waals surface area contributed by atoms with Crippen molar-refractivity contribution in [2.75, 3.05) is 13.2 Å². The molecule has 33 heavy (non-hydrogen) atoms. The van der Waals surface area contributed by atoms with E-state index in [-0.39, 0.29) is 57.3 Å². The highest BCUT2D eigenvalue weighted by Crippen LogP contribution is 2.28. The quantitative estimate of drug-likeness (QED) is 0.268. The van der Waals surface area contributed by atoms with Crippen LogP contribution >= 0.6 is 0 Å². The van der Waals surface area contributed by atoms with Crippen LogP contribution in [0.4, 0.5) is 0 Å². The van der Waals surface area contributed by atoms with E-state index < -0.39 is 43.2 Å². The maximum atomic E-state index is 9.64. The van der Waals surface area contributed by atoms with Crippen molar-refractivity contribution < 1.29 is 40.5 Å². The van der Waals surface area contributed by atoms with Gasteiger partial charge in [-0.1, -0.05) is 84.6 Å². The molecule has 1 fully saturated rings. The number of hydrogen-bond donors (Lipinski definition) is 7. The average molecular weight is 495 g/mol. The van der Waals surface area contributed by atoms with E-state index in [0.717, 1.165) is 25.7 Å². The van der Waals surface area contributed by atoms with Gasteiger partial charge in [0, 0.05) is 5.92 Å². The van der Waals surface area contributed by atoms with Gasteiger partial charge in [0.15, 0.2) is 6.29 Å². The number of aliphatic hydroxyl groups excluding tert-OH is 7. The fourth-order valence-corrected chi connectivity index (χ4v) is 2.64. The third-order valence-electron chi connectivity index (χ3n) is 4.19. The molecule has 0 aromatic rings. The molecular formula is C25H66O8. The first-order valence-electron chi connectivity index (χ1n) is 9.97. The lowest BCUT2D eigenvalue weighted by molar-refractivity contribution is -0.270. The molecular weight excluding hydrogens is 428 g/mol. The van der Waals surface area contributed by atoms with Crippen LogP contribution in [0.2, 0.25) is 0 Å². The minimum atomic E-state index is -1.13. The van der Waals surface area contributed by atoms with Gasteiger partial charge in [-0.25, -0.2) is 0 Å². The third kappa shape index (κ3) is 26.1. The number of rotatable bonds is 8. The van der Waals surface area contributed by atoms with Gasteiger partial charge in [0.2, 0.25) is 0 Å². The lowest BCUT2D eigenvalue weighted by Crippen LogP contribution is -2.55. The van der Waals surface area contributed by atoms with Gasteiger partial charge in [0.05, 0.1) is 31.5 Å². The van der Waals surface area contributed by atoms with Crippen LogP contribution < -0.4 is 0 Å². The molecule has 1 saturated heterocycles. The van der Waals surface area contributed by atoms with E-state index in [1.54, 1.807) is 0 Å². The van der Waals surface area contributed by atoms with E-state index in [1.165, 1.54) is 0 Å². The Morgan fingerprint density at radius 3 is 1.42 bits per heavy atom. The zero-order valence-electron chi connectivity index (χ0n) is 17.2. The Morgan fingerprint density at radius 2 is 1.18 bits per heavy atom. The summed E-state index contributed by atoms with van der Waals surface area (Å²) in [5, 5.41) is 62.8. The molecule has 214 valence electrons. The van der Waals surface area contributed by atoms with Gasteiger partial charge in [0.1, 0.15) is 12.2 Å². The van der Waals surface area contributed by atoms with Crippen LogP contribution in [0.1, 0.15) is 111 Å². The molecule has 7 N–H and O–H groups in total. The summed E-state index contributed by atoms with van der Waals surface area (Å²) in [6.07, 6.45) is 0.265. The Bertz CT molecular complexity index is 319. The van der Waals surface area contributed by atoms with Gasteiger partial charge in [-0.3, -0.25) is 0 Å². The molecule has 0 saturated carbocycles. The molecule has 0 aliphatic carbocycles. The van der Waals surface area contributed by atoms with E-state index in [0.29, 0.717) is 12.8 Å². The highest BCUT2D eigenvalue weighted by molar-refractivity contribution is 4.87. The number of hydrogen-bond acceptors (Lipinski definition) is 8. The van der Waals surface area contributed by atoms with Gasteiger partial charge >= 0.3 is 0 Å². The zero-order chi connectivity index (χ0) is 21.4. The second kappa shape index (κ2) is 33.9. The zero-order valence-corrected chi connectivity index (χ0v) is 17.2. The fourth-order valence-electron chi connectivity index (χ4n) is 2.64. The third-order valence-corrected chi connectivity index (χ3v) is 4.19. The van der Waals surface area contributed by atoms with Crippen molar-refractivity contribution >= 4 is 0 Å². The molecule has 0 aromatic carbocycles. The van der Waals surface area contributed by atoms with Crippen LogP contribution in [0.25, 0.3) is 0 Å². The Morgan fingerprint density at radius 1 is 0.727 bits per heavy atom. The van der Waals surface area contributed by atoms with E-state index in [2.05, 4.69) is 6.92 Å². The first-order chi connectivity index (χ1) is 12.7. The van der Waals surface area contributed by atoms with Crippen LogP contribution in [0.5, 0.6) is 0 Å². The summed E-state index contributed by atoms with van der Waals surface area (Å²) in [6.45, 7) is 7.25. The Hall–Kier alpha value is -0.320. The van der Waals surface area contributed by atoms with Crippen LogP contribution in [-0.2, 0) is 4.74 Å². The fraction of sp³-hybridized carbons (Fsp3) is 1.00. The predicted octanol–water partition coefficient (Wildman–Crippen LogP) is 3.96. The molecule has 0 aromatic heterocycles. The molecule has 8 heteroatoms. The lowest BCUT2D eigenvalue weighted by atomic mass is 9.88. The maximum Gasteiger partial charge on any atom is 0.160 e. The van der Waals surface area contributed by atoms with Crippen molar-refractivity contribution in [3.8, 4) is 0 Å². The molecule has 0 radical (unpaired) electrons. The molecule has 7 unspecified atom stereocenters. The van der Waals surface area contributed by atoms with Crippen molar-refractivity contribution in [2.24, 2.45) is 5.92 Å². The van der Waals surface area contributed by atoms with E-state index in [9.17, 15) is 15.3 Å². The van der Waals surface area contributed by atoms with Crippen LogP contribution in [0, 0.1) is 5.92 Å². The monoisotopic (exact) mass is 494 g/mol. The molecule has 8 nitrogen and oxygen atoms in total. The van der Waals surface area contributed by atoms with Crippen molar-refractivity contribution in [1.82, 2.24) is 0 Å². The van der Waals surface area contributed by atoms with Crippen LogP contribution in [-0.4, -0.2) is 85.8 Å². The second-order valence-electron chi connectivity index (χ2n) is 6.94. The lowest BCUT2D eigenvalue weighted by Gasteiger charge is -2.40. The van der Waals surface area contributed by atoms with Gasteiger partial charge < -0.3 is 40.5 Å². The Labute approximate surface area is 207 Å². The summed E-state index contributed by atoms with van der Waals surface area (Å²) in [6, 6.07) is 0. The maximum absolute atomic E-state index is 9.64. The highest BCUT2D eigenvalue weighted by atomic mass is 16.6. The topological polar surface area (TPSA) is 151 Å². The average Bonchev–Trinajstić information content (AvgIpc) is 2.63. The summed E-state index contributed by atoms with van der Waals surface area (Å²) in [4.78, 5) is 0. The Balaban J connectivity index is -0.0000000480. The summed E-state index contributed by atoms with van der Waals surface area (Å²) < 4.78 is 4.98. The molecule has 0 bridgehead atoms. The van der Waals surface area contributed by atoms with Gasteiger partial charge in [-0.15, -0.1) is 0 Å². The van der Waals surface area contributed by atoms with Crippen molar-refractivity contribution in [3.05, 3.63) is 0 Å². The van der Waals surface area contributed by atoms with E-state index in [4.69, 9.17) is 25.2 Å². The van der Waals surface area contributed by atoms with Crippen molar-refractivity contribution in [2.45, 2.75) is 148 Å². The standard InChI is InChI=1S/C9H18O5.C5H12O2.C5H12O.6CH4/c1-2-3-5-7(11)8(12)6(4-10)14-9(5)13;1-2-3-5(7)4-6;1-3-4-5(2)6;;;;;;/h5-13H,2-4H2,1H3;5-7H,2-4H2,1H3;5-6H,3-4H2,1-2H3;6*1H4. The normalized spacial score (nSPS) is 24.3. The molecule has 0 amide bonds. The van der Waals surface area contributed by atoms with E-state index in [1.807, 2.05) is 20.8 Å². The molecule has 7 atom stereocenters. The summed E-state index contributed by atoms with van der Waals surface area (Å²) >= 11 is 0. The molecule has 1 aliphatic heterocycles. The van der Waals surface area contributed by atoms with Gasteiger partial charge in [0.25, 0.3) is 0 Å². The Kier molecular flexibility index (Phi) is 55.2. The number of ether oxygens (including phenoxy) is 1.